The van der Waals surface area contributed by atoms with E-state index in [0.29, 0.717) is 57.1 Å². The van der Waals surface area contributed by atoms with Crippen molar-refractivity contribution in [2.75, 3.05) is 25.5 Å². The number of halogens is 1. The van der Waals surface area contributed by atoms with E-state index in [0.717, 1.165) is 5.56 Å². The van der Waals surface area contributed by atoms with Crippen molar-refractivity contribution >= 4 is 53.2 Å². The topological polar surface area (TPSA) is 254 Å². The third-order valence-electron chi connectivity index (χ3n) is 8.42. The van der Waals surface area contributed by atoms with E-state index in [-0.39, 0.29) is 43.1 Å². The minimum absolute atomic E-state index is 0.0162. The third kappa shape index (κ3) is 15.7. The molecule has 0 aliphatic rings. The number of rotatable bonds is 18. The van der Waals surface area contributed by atoms with Crippen molar-refractivity contribution in [1.29, 1.82) is 10.5 Å². The van der Waals surface area contributed by atoms with Gasteiger partial charge in [0.2, 0.25) is 11.8 Å². The summed E-state index contributed by atoms with van der Waals surface area (Å²) in [7, 11) is 0. The maximum atomic E-state index is 13.2. The number of pyridine rings is 1. The van der Waals surface area contributed by atoms with Crippen LogP contribution in [0.2, 0.25) is 5.02 Å². The van der Waals surface area contributed by atoms with Crippen LogP contribution in [0.15, 0.2) is 64.2 Å². The number of hydrogen-bond donors (Lipinski definition) is 4. The molecule has 3 amide bonds. The number of amides is 3. The number of nitriles is 2. The molecule has 2 aromatic heterocycles. The Morgan fingerprint density at radius 3 is 2.13 bits per heavy atom. The molecule has 0 spiro atoms. The number of carbonyl (C=O) groups excluding carboxylic acids is 4. The molecule has 0 unspecified atom stereocenters. The van der Waals surface area contributed by atoms with Crippen LogP contribution in [-0.4, -0.2) is 77.1 Å². The van der Waals surface area contributed by atoms with E-state index >= 15 is 0 Å². The van der Waals surface area contributed by atoms with Gasteiger partial charge in [-0.2, -0.15) is 10.5 Å². The van der Waals surface area contributed by atoms with E-state index in [1.807, 2.05) is 0 Å². The molecule has 0 aliphatic heterocycles. The number of alkyl carbamates (subject to hydrolysis) is 2. The predicted octanol–water partition coefficient (Wildman–Crippen LogP) is 7.69. The summed E-state index contributed by atoms with van der Waals surface area (Å²) in [5.74, 6) is -0.164. The van der Waals surface area contributed by atoms with E-state index in [1.165, 1.54) is 24.9 Å². The van der Waals surface area contributed by atoms with Crippen LogP contribution in [0.25, 0.3) is 22.6 Å². The molecular weight excluding hydrogens is 852 g/mol. The van der Waals surface area contributed by atoms with Crippen LogP contribution in [0.4, 0.5) is 15.4 Å². The molecule has 17 nitrogen and oxygen atoms in total. The lowest BCUT2D eigenvalue weighted by atomic mass is 9.97. The van der Waals surface area contributed by atoms with Gasteiger partial charge in [-0.3, -0.25) is 4.79 Å². The molecule has 2 atom stereocenters. The fraction of sp³-hybridized carbons (Fsp3) is 0.409. The Kier molecular flexibility index (Phi) is 17.6. The smallest absolute Gasteiger partial charge is 0.408 e. The summed E-state index contributed by atoms with van der Waals surface area (Å²) in [6.45, 7) is 12.0. The highest BCUT2D eigenvalue weighted by Crippen LogP contribution is 2.37. The Balaban J connectivity index is 1.28. The van der Waals surface area contributed by atoms with E-state index in [4.69, 9.17) is 40.7 Å². The molecule has 2 heterocycles. The molecule has 4 aromatic rings. The molecule has 19 heteroatoms. The molecule has 0 radical (unpaired) electrons. The van der Waals surface area contributed by atoms with Gasteiger partial charge in [-0.05, 0) is 103 Å². The summed E-state index contributed by atoms with van der Waals surface area (Å²) in [6, 6.07) is 15.9. The summed E-state index contributed by atoms with van der Waals surface area (Å²) in [4.78, 5) is 59.4. The van der Waals surface area contributed by atoms with E-state index < -0.39 is 47.3 Å². The lowest BCUT2D eigenvalue weighted by molar-refractivity contribution is -0.147. The van der Waals surface area contributed by atoms with Crippen molar-refractivity contribution < 1.29 is 42.5 Å². The van der Waals surface area contributed by atoms with Crippen LogP contribution in [-0.2, 0) is 29.6 Å². The molecule has 0 aliphatic carbocycles. The minimum atomic E-state index is -1.08. The molecular formula is C44H51ClN8O9S. The zero-order valence-corrected chi connectivity index (χ0v) is 37.7. The SMILES string of the molecule is C[C@H](NC(=O)[C@H](CCCNC(=O)OC(C)(C)C)NC(=O)OC(C)(C)C)C(=O)OCCCOc1ccc(-c2c(C#N)c(N)nc(SCc3coc(-c4ccc(Cl)cc4)n3)c2C#N)cc1. The van der Waals surface area contributed by atoms with Gasteiger partial charge in [-0.25, -0.2) is 24.4 Å². The van der Waals surface area contributed by atoms with E-state index in [9.17, 15) is 29.7 Å². The second-order valence-corrected chi connectivity index (χ2v) is 17.4. The Bertz CT molecular complexity index is 2310. The number of hydrogen-bond acceptors (Lipinski definition) is 15. The van der Waals surface area contributed by atoms with Crippen LogP contribution in [0.3, 0.4) is 0 Å². The monoisotopic (exact) mass is 902 g/mol. The Labute approximate surface area is 375 Å². The first-order chi connectivity index (χ1) is 29.8. The van der Waals surface area contributed by atoms with Gasteiger partial charge in [-0.1, -0.05) is 35.5 Å². The van der Waals surface area contributed by atoms with Crippen LogP contribution in [0.5, 0.6) is 5.75 Å². The first-order valence-corrected chi connectivity index (χ1v) is 21.3. The zero-order valence-electron chi connectivity index (χ0n) is 36.1. The summed E-state index contributed by atoms with van der Waals surface area (Å²) >= 11 is 7.22. The zero-order chi connectivity index (χ0) is 46.3. The summed E-state index contributed by atoms with van der Waals surface area (Å²) < 4.78 is 27.4. The van der Waals surface area contributed by atoms with Crippen molar-refractivity contribution in [2.24, 2.45) is 0 Å². The van der Waals surface area contributed by atoms with Gasteiger partial charge in [0.05, 0.1) is 24.5 Å². The van der Waals surface area contributed by atoms with Gasteiger partial charge in [0.25, 0.3) is 0 Å². The summed E-state index contributed by atoms with van der Waals surface area (Å²) in [5, 5.41) is 28.8. The molecule has 2 aromatic carbocycles. The number of thioether (sulfide) groups is 1. The number of nitrogens with one attached hydrogen (secondary N) is 3. The molecule has 0 saturated carbocycles. The highest BCUT2D eigenvalue weighted by atomic mass is 35.5. The quantitative estimate of drug-likeness (QED) is 0.0323. The predicted molar refractivity (Wildman–Crippen MR) is 235 cm³/mol. The number of nitrogen functional groups attached to an aromatic ring is 1. The molecule has 0 fully saturated rings. The average Bonchev–Trinajstić information content (AvgIpc) is 3.69. The molecule has 334 valence electrons. The van der Waals surface area contributed by atoms with Crippen molar-refractivity contribution in [1.82, 2.24) is 25.9 Å². The number of aromatic nitrogens is 2. The van der Waals surface area contributed by atoms with Crippen LogP contribution < -0.4 is 26.4 Å². The first kappa shape index (κ1) is 49.2. The summed E-state index contributed by atoms with van der Waals surface area (Å²) in [6.07, 6.45) is 0.820. The first-order valence-electron chi connectivity index (χ1n) is 19.9. The number of nitrogens with zero attached hydrogens (tertiary/aromatic N) is 4. The number of nitrogens with two attached hydrogens (primary N) is 1. The normalized spacial score (nSPS) is 12.2. The van der Waals surface area contributed by atoms with E-state index in [1.54, 1.807) is 90.1 Å². The minimum Gasteiger partial charge on any atom is -0.493 e. The van der Waals surface area contributed by atoms with Crippen molar-refractivity contribution in [3.05, 3.63) is 76.6 Å². The number of esters is 1. The Hall–Kier alpha value is -6.50. The molecule has 63 heavy (non-hydrogen) atoms. The Morgan fingerprint density at radius 1 is 0.857 bits per heavy atom. The highest BCUT2D eigenvalue weighted by Gasteiger charge is 2.28. The largest absolute Gasteiger partial charge is 0.493 e. The molecule has 0 bridgehead atoms. The van der Waals surface area contributed by atoms with Crippen molar-refractivity contribution in [3.8, 4) is 40.5 Å². The van der Waals surface area contributed by atoms with Gasteiger partial charge in [0.1, 0.15) is 63.8 Å². The fourth-order valence-corrected chi connectivity index (χ4v) is 6.60. The fourth-order valence-electron chi connectivity index (χ4n) is 5.60. The van der Waals surface area contributed by atoms with E-state index in [2.05, 4.69) is 38.1 Å². The number of ether oxygens (including phenoxy) is 4. The van der Waals surface area contributed by atoms with Crippen LogP contribution >= 0.6 is 23.4 Å². The number of oxazole rings is 1. The Morgan fingerprint density at radius 2 is 1.49 bits per heavy atom. The van der Waals surface area contributed by atoms with Crippen molar-refractivity contribution in [3.63, 3.8) is 0 Å². The third-order valence-corrected chi connectivity index (χ3v) is 9.68. The van der Waals surface area contributed by atoms with Gasteiger partial charge in [-0.15, -0.1) is 0 Å². The number of carbonyl (C=O) groups is 4. The highest BCUT2D eigenvalue weighted by molar-refractivity contribution is 7.98. The molecule has 4 rings (SSSR count). The second kappa shape index (κ2) is 22.6. The second-order valence-electron chi connectivity index (χ2n) is 16.0. The van der Waals surface area contributed by atoms with Gasteiger partial charge < -0.3 is 45.0 Å². The summed E-state index contributed by atoms with van der Waals surface area (Å²) in [5.41, 5.74) is 7.20. The standard InChI is InChI=1S/C44H51ClN8O9S/c1-26(50-37(54)34(52-42(57)62-44(5,6)7)10-8-19-49-41(56)61-43(2,3)4)40(55)59-21-9-20-58-31-17-13-27(14-18-31)35-32(22-46)36(48)53-39(33(35)23-47)63-25-30-24-60-38(51-30)28-11-15-29(45)16-12-28/h11-18,24,26,34H,8-10,19-21,25H2,1-7H3,(H2,48,53)(H,49,56)(H,50,54)(H,52,57)/t26-,34-/m0/s1. The van der Waals surface area contributed by atoms with Crippen LogP contribution in [0, 0.1) is 22.7 Å². The molecule has 5 N–H and O–H groups in total. The van der Waals surface area contributed by atoms with Gasteiger partial charge in [0, 0.05) is 34.9 Å². The van der Waals surface area contributed by atoms with Crippen molar-refractivity contribution in [2.45, 2.75) is 102 Å². The maximum absolute atomic E-state index is 13.2. The molecule has 0 saturated heterocycles. The van der Waals surface area contributed by atoms with Gasteiger partial charge >= 0.3 is 18.2 Å². The lowest BCUT2D eigenvalue weighted by Gasteiger charge is -2.24. The maximum Gasteiger partial charge on any atom is 0.408 e. The van der Waals surface area contributed by atoms with Gasteiger partial charge in [0.15, 0.2) is 0 Å². The number of anilines is 1. The number of benzene rings is 2. The van der Waals surface area contributed by atoms with Crippen LogP contribution in [0.1, 0.15) is 84.5 Å². The average molecular weight is 903 g/mol. The lowest BCUT2D eigenvalue weighted by Crippen LogP contribution is -2.52.